The van der Waals surface area contributed by atoms with Crippen molar-refractivity contribution >= 4 is 21.8 Å². The highest BCUT2D eigenvalue weighted by molar-refractivity contribution is 7.89. The molecule has 25 heavy (non-hydrogen) atoms. The Labute approximate surface area is 147 Å². The number of amides is 2. The zero-order valence-corrected chi connectivity index (χ0v) is 15.2. The van der Waals surface area contributed by atoms with E-state index in [0.717, 1.165) is 0 Å². The van der Waals surface area contributed by atoms with E-state index in [0.29, 0.717) is 31.8 Å². The highest BCUT2D eigenvalue weighted by Crippen LogP contribution is 2.18. The SMILES string of the molecule is COCCNC(=O)c1ccc(S(=O)(=O)N2CCN(C(C)=O)CC2)cc1. The minimum atomic E-state index is -3.63. The summed E-state index contributed by atoms with van der Waals surface area (Å²) in [6.45, 7) is 3.56. The number of sulfonamides is 1. The number of benzene rings is 1. The molecule has 0 aliphatic carbocycles. The van der Waals surface area contributed by atoms with E-state index in [2.05, 4.69) is 5.32 Å². The molecule has 1 aliphatic rings. The Bertz CT molecular complexity index is 710. The van der Waals surface area contributed by atoms with Crippen molar-refractivity contribution in [2.75, 3.05) is 46.4 Å². The Morgan fingerprint density at radius 2 is 1.72 bits per heavy atom. The Morgan fingerprint density at radius 3 is 2.24 bits per heavy atom. The molecule has 0 unspecified atom stereocenters. The van der Waals surface area contributed by atoms with Crippen molar-refractivity contribution in [3.8, 4) is 0 Å². The van der Waals surface area contributed by atoms with Crippen LogP contribution in [-0.4, -0.2) is 75.9 Å². The van der Waals surface area contributed by atoms with Crippen LogP contribution in [0.3, 0.4) is 0 Å². The molecule has 0 spiro atoms. The predicted molar refractivity (Wildman–Crippen MR) is 91.7 cm³/mol. The third-order valence-electron chi connectivity index (χ3n) is 4.03. The van der Waals surface area contributed by atoms with Crippen molar-refractivity contribution in [1.29, 1.82) is 0 Å². The van der Waals surface area contributed by atoms with Gasteiger partial charge in [0, 0.05) is 52.3 Å². The van der Waals surface area contributed by atoms with Crippen LogP contribution in [0.5, 0.6) is 0 Å². The van der Waals surface area contributed by atoms with Gasteiger partial charge in [0.05, 0.1) is 11.5 Å². The van der Waals surface area contributed by atoms with E-state index < -0.39 is 10.0 Å². The zero-order chi connectivity index (χ0) is 18.4. The third kappa shape index (κ3) is 4.77. The topological polar surface area (TPSA) is 96.0 Å². The fourth-order valence-corrected chi connectivity index (χ4v) is 3.96. The maximum atomic E-state index is 12.7. The zero-order valence-electron chi connectivity index (χ0n) is 14.4. The van der Waals surface area contributed by atoms with Gasteiger partial charge < -0.3 is 15.0 Å². The lowest BCUT2D eigenvalue weighted by molar-refractivity contribution is -0.129. The van der Waals surface area contributed by atoms with Crippen LogP contribution in [-0.2, 0) is 19.6 Å². The van der Waals surface area contributed by atoms with Gasteiger partial charge in [-0.05, 0) is 24.3 Å². The number of hydrogen-bond acceptors (Lipinski definition) is 5. The lowest BCUT2D eigenvalue weighted by Gasteiger charge is -2.33. The van der Waals surface area contributed by atoms with Crippen molar-refractivity contribution in [2.45, 2.75) is 11.8 Å². The van der Waals surface area contributed by atoms with E-state index in [-0.39, 0.29) is 29.8 Å². The monoisotopic (exact) mass is 369 g/mol. The molecule has 0 atom stereocenters. The van der Waals surface area contributed by atoms with E-state index in [9.17, 15) is 18.0 Å². The molecule has 138 valence electrons. The van der Waals surface area contributed by atoms with E-state index in [4.69, 9.17) is 4.74 Å². The molecule has 0 saturated carbocycles. The third-order valence-corrected chi connectivity index (χ3v) is 5.94. The summed E-state index contributed by atoms with van der Waals surface area (Å²) < 4.78 is 31.5. The Hall–Kier alpha value is -1.97. The first-order valence-electron chi connectivity index (χ1n) is 7.99. The summed E-state index contributed by atoms with van der Waals surface area (Å²) in [5.41, 5.74) is 0.386. The van der Waals surface area contributed by atoms with E-state index in [1.807, 2.05) is 0 Å². The Morgan fingerprint density at radius 1 is 1.12 bits per heavy atom. The lowest BCUT2D eigenvalue weighted by Crippen LogP contribution is -2.49. The normalized spacial score (nSPS) is 15.8. The predicted octanol–water partition coefficient (Wildman–Crippen LogP) is -0.0844. The number of hydrogen-bond donors (Lipinski definition) is 1. The molecular formula is C16H23N3O5S. The van der Waals surface area contributed by atoms with Crippen LogP contribution in [0.15, 0.2) is 29.2 Å². The molecule has 1 aromatic carbocycles. The number of carbonyl (C=O) groups is 2. The van der Waals surface area contributed by atoms with Crippen molar-refractivity contribution in [3.63, 3.8) is 0 Å². The van der Waals surface area contributed by atoms with Gasteiger partial charge in [0.1, 0.15) is 0 Å². The molecular weight excluding hydrogens is 346 g/mol. The van der Waals surface area contributed by atoms with Gasteiger partial charge in [0.2, 0.25) is 15.9 Å². The number of methoxy groups -OCH3 is 1. The van der Waals surface area contributed by atoms with Crippen LogP contribution in [0.25, 0.3) is 0 Å². The standard InChI is InChI=1S/C16H23N3O5S/c1-13(20)18-8-10-19(11-9-18)25(22,23)15-5-3-14(4-6-15)16(21)17-7-12-24-2/h3-6H,7-12H2,1-2H3,(H,17,21). The average Bonchev–Trinajstić information content (AvgIpc) is 2.62. The molecule has 2 rings (SSSR count). The summed E-state index contributed by atoms with van der Waals surface area (Å²) >= 11 is 0. The average molecular weight is 369 g/mol. The molecule has 8 nitrogen and oxygen atoms in total. The summed E-state index contributed by atoms with van der Waals surface area (Å²) in [6.07, 6.45) is 0. The van der Waals surface area contributed by atoms with Gasteiger partial charge in [-0.15, -0.1) is 0 Å². The first-order valence-corrected chi connectivity index (χ1v) is 9.43. The molecule has 1 saturated heterocycles. The number of nitrogens with one attached hydrogen (secondary N) is 1. The summed E-state index contributed by atoms with van der Waals surface area (Å²) in [5, 5.41) is 2.68. The van der Waals surface area contributed by atoms with Crippen molar-refractivity contribution < 1.29 is 22.7 Å². The Kier molecular flexibility index (Phi) is 6.51. The highest BCUT2D eigenvalue weighted by Gasteiger charge is 2.29. The van der Waals surface area contributed by atoms with Gasteiger partial charge in [-0.3, -0.25) is 9.59 Å². The van der Waals surface area contributed by atoms with Crippen LogP contribution in [0, 0.1) is 0 Å². The molecule has 0 bridgehead atoms. The second-order valence-electron chi connectivity index (χ2n) is 5.68. The van der Waals surface area contributed by atoms with Crippen LogP contribution in [0.2, 0.25) is 0 Å². The number of nitrogens with zero attached hydrogens (tertiary/aromatic N) is 2. The van der Waals surface area contributed by atoms with Gasteiger partial charge in [-0.2, -0.15) is 4.31 Å². The van der Waals surface area contributed by atoms with Gasteiger partial charge in [0.25, 0.3) is 5.91 Å². The summed E-state index contributed by atoms with van der Waals surface area (Å²) in [6, 6.07) is 5.83. The first kappa shape index (κ1) is 19.4. The number of rotatable bonds is 6. The summed E-state index contributed by atoms with van der Waals surface area (Å²) in [7, 11) is -2.09. The second kappa shape index (κ2) is 8.41. The van der Waals surface area contributed by atoms with Crippen LogP contribution in [0.4, 0.5) is 0 Å². The summed E-state index contributed by atoms with van der Waals surface area (Å²) in [5.74, 6) is -0.336. The quantitative estimate of drug-likeness (QED) is 0.708. The molecule has 1 aromatic rings. The summed E-state index contributed by atoms with van der Waals surface area (Å²) in [4.78, 5) is 25.0. The molecule has 9 heteroatoms. The smallest absolute Gasteiger partial charge is 0.251 e. The highest BCUT2D eigenvalue weighted by atomic mass is 32.2. The van der Waals surface area contributed by atoms with E-state index in [1.54, 1.807) is 12.0 Å². The van der Waals surface area contributed by atoms with Crippen molar-refractivity contribution in [2.24, 2.45) is 0 Å². The molecule has 2 amide bonds. The molecule has 0 aromatic heterocycles. The van der Waals surface area contributed by atoms with Gasteiger partial charge >= 0.3 is 0 Å². The fourth-order valence-electron chi connectivity index (χ4n) is 2.54. The van der Waals surface area contributed by atoms with E-state index >= 15 is 0 Å². The lowest BCUT2D eigenvalue weighted by atomic mass is 10.2. The largest absolute Gasteiger partial charge is 0.383 e. The van der Waals surface area contributed by atoms with Crippen molar-refractivity contribution in [3.05, 3.63) is 29.8 Å². The van der Waals surface area contributed by atoms with Gasteiger partial charge in [0.15, 0.2) is 0 Å². The van der Waals surface area contributed by atoms with E-state index in [1.165, 1.54) is 35.5 Å². The number of carbonyl (C=O) groups excluding carboxylic acids is 2. The molecule has 1 fully saturated rings. The maximum Gasteiger partial charge on any atom is 0.251 e. The molecule has 1 N–H and O–H groups in total. The first-order chi connectivity index (χ1) is 11.9. The minimum Gasteiger partial charge on any atom is -0.383 e. The number of piperazine rings is 1. The van der Waals surface area contributed by atoms with Crippen LogP contribution < -0.4 is 5.32 Å². The maximum absolute atomic E-state index is 12.7. The molecule has 1 heterocycles. The minimum absolute atomic E-state index is 0.0547. The molecule has 0 radical (unpaired) electrons. The van der Waals surface area contributed by atoms with Crippen molar-refractivity contribution in [1.82, 2.24) is 14.5 Å². The van der Waals surface area contributed by atoms with Crippen LogP contribution in [0.1, 0.15) is 17.3 Å². The van der Waals surface area contributed by atoms with Crippen LogP contribution >= 0.6 is 0 Å². The van der Waals surface area contributed by atoms with Gasteiger partial charge in [-0.1, -0.05) is 0 Å². The Balaban J connectivity index is 2.03. The van der Waals surface area contributed by atoms with Gasteiger partial charge in [-0.25, -0.2) is 8.42 Å². The second-order valence-corrected chi connectivity index (χ2v) is 7.62. The fraction of sp³-hybridized carbons (Fsp3) is 0.500. The number of ether oxygens (including phenoxy) is 1. The molecule has 1 aliphatic heterocycles.